The maximum absolute atomic E-state index is 12.3. The van der Waals surface area contributed by atoms with Crippen molar-refractivity contribution in [2.75, 3.05) is 5.32 Å². The van der Waals surface area contributed by atoms with Gasteiger partial charge in [0.05, 0.1) is 0 Å². The van der Waals surface area contributed by atoms with Crippen molar-refractivity contribution >= 4 is 17.5 Å². The van der Waals surface area contributed by atoms with E-state index in [1.54, 1.807) is 24.3 Å². The van der Waals surface area contributed by atoms with Crippen LogP contribution in [0.25, 0.3) is 0 Å². The Labute approximate surface area is 153 Å². The molecule has 0 spiro atoms. The highest BCUT2D eigenvalue weighted by molar-refractivity contribution is 5.96. The number of anilines is 1. The molecule has 134 valence electrons. The second-order valence-electron chi connectivity index (χ2n) is 7.28. The van der Waals surface area contributed by atoms with E-state index in [9.17, 15) is 9.59 Å². The summed E-state index contributed by atoms with van der Waals surface area (Å²) >= 11 is 0. The zero-order valence-electron chi connectivity index (χ0n) is 14.8. The fourth-order valence-corrected chi connectivity index (χ4v) is 3.37. The largest absolute Gasteiger partial charge is 0.348 e. The molecule has 26 heavy (non-hydrogen) atoms. The fourth-order valence-electron chi connectivity index (χ4n) is 3.37. The minimum absolute atomic E-state index is 0.0702. The number of nitrogens with one attached hydrogen (secondary N) is 3. The van der Waals surface area contributed by atoms with Gasteiger partial charge in [0, 0.05) is 36.8 Å². The Morgan fingerprint density at radius 3 is 2.54 bits per heavy atom. The van der Waals surface area contributed by atoms with E-state index in [-0.39, 0.29) is 17.7 Å². The first-order valence-corrected chi connectivity index (χ1v) is 9.10. The molecule has 2 aromatic carbocycles. The summed E-state index contributed by atoms with van der Waals surface area (Å²) < 4.78 is 0. The van der Waals surface area contributed by atoms with Crippen LogP contribution in [0.2, 0.25) is 0 Å². The topological polar surface area (TPSA) is 70.2 Å². The molecule has 1 aliphatic carbocycles. The van der Waals surface area contributed by atoms with Gasteiger partial charge in [-0.3, -0.25) is 9.59 Å². The van der Waals surface area contributed by atoms with Crippen LogP contribution in [0.4, 0.5) is 5.69 Å². The first kappa shape index (κ1) is 16.8. The molecule has 0 aromatic heterocycles. The molecule has 0 saturated heterocycles. The molecule has 2 aromatic rings. The molecule has 1 saturated carbocycles. The van der Waals surface area contributed by atoms with Gasteiger partial charge in [0.15, 0.2) is 0 Å². The molecule has 2 aliphatic rings. The molecule has 2 atom stereocenters. The molecular formula is C21H23N3O2. The van der Waals surface area contributed by atoms with Crippen LogP contribution in [0.1, 0.15) is 40.4 Å². The zero-order chi connectivity index (χ0) is 18.1. The Hall–Kier alpha value is -2.66. The lowest BCUT2D eigenvalue weighted by Gasteiger charge is -2.08. The van der Waals surface area contributed by atoms with Gasteiger partial charge >= 0.3 is 0 Å². The normalized spacial score (nSPS) is 20.3. The number of benzene rings is 2. The van der Waals surface area contributed by atoms with Crippen LogP contribution >= 0.6 is 0 Å². The third kappa shape index (κ3) is 3.63. The van der Waals surface area contributed by atoms with E-state index in [1.807, 2.05) is 0 Å². The molecular weight excluding hydrogens is 326 g/mol. The first-order chi connectivity index (χ1) is 12.6. The molecule has 2 amide bonds. The van der Waals surface area contributed by atoms with Gasteiger partial charge in [-0.05, 0) is 53.3 Å². The maximum Gasteiger partial charge on any atom is 0.251 e. The minimum Gasteiger partial charge on any atom is -0.348 e. The monoisotopic (exact) mass is 349 g/mol. The number of carbonyl (C=O) groups is 2. The third-order valence-corrected chi connectivity index (χ3v) is 5.22. The lowest BCUT2D eigenvalue weighted by molar-refractivity contribution is -0.117. The second-order valence-corrected chi connectivity index (χ2v) is 7.28. The number of amides is 2. The molecule has 3 N–H and O–H groups in total. The van der Waals surface area contributed by atoms with Crippen LogP contribution in [-0.4, -0.2) is 11.8 Å². The van der Waals surface area contributed by atoms with E-state index in [0.717, 1.165) is 30.8 Å². The summed E-state index contributed by atoms with van der Waals surface area (Å²) in [5, 5.41) is 9.18. The highest BCUT2D eigenvalue weighted by Gasteiger charge is 2.39. The van der Waals surface area contributed by atoms with Gasteiger partial charge in [-0.15, -0.1) is 0 Å². The number of hydrogen-bond donors (Lipinski definition) is 3. The average Bonchev–Trinajstić information content (AvgIpc) is 3.20. The van der Waals surface area contributed by atoms with E-state index >= 15 is 0 Å². The van der Waals surface area contributed by atoms with Crippen LogP contribution < -0.4 is 16.0 Å². The lowest BCUT2D eigenvalue weighted by atomic mass is 10.1. The maximum atomic E-state index is 12.3. The highest BCUT2D eigenvalue weighted by Crippen LogP contribution is 2.38. The Morgan fingerprint density at radius 2 is 1.81 bits per heavy atom. The summed E-state index contributed by atoms with van der Waals surface area (Å²) in [4.78, 5) is 24.3. The standard InChI is InChI=1S/C21H23N3O2/c1-13-8-19(13)21(26)24-18-6-4-15(5-7-18)20(25)23-10-14-2-3-16-11-22-12-17(16)9-14/h2-7,9,13,19,22H,8,10-12H2,1H3,(H,23,25)(H,24,26). The molecule has 5 heteroatoms. The number of rotatable bonds is 5. The Kier molecular flexibility index (Phi) is 4.47. The van der Waals surface area contributed by atoms with Crippen LogP contribution in [-0.2, 0) is 24.4 Å². The second kappa shape index (κ2) is 6.92. The van der Waals surface area contributed by atoms with Gasteiger partial charge in [0.1, 0.15) is 0 Å². The van der Waals surface area contributed by atoms with Crippen LogP contribution in [0.3, 0.4) is 0 Å². The van der Waals surface area contributed by atoms with Crippen LogP contribution in [0.15, 0.2) is 42.5 Å². The number of carbonyl (C=O) groups excluding carboxylic acids is 2. The summed E-state index contributed by atoms with van der Waals surface area (Å²) in [6.45, 7) is 4.40. The lowest BCUT2D eigenvalue weighted by Crippen LogP contribution is -2.23. The van der Waals surface area contributed by atoms with Crippen molar-refractivity contribution in [2.45, 2.75) is 33.0 Å². The Bertz CT molecular complexity index is 845. The first-order valence-electron chi connectivity index (χ1n) is 9.10. The van der Waals surface area contributed by atoms with Crippen molar-refractivity contribution in [3.8, 4) is 0 Å². The van der Waals surface area contributed by atoms with E-state index in [1.165, 1.54) is 11.1 Å². The van der Waals surface area contributed by atoms with Crippen molar-refractivity contribution in [3.05, 3.63) is 64.7 Å². The van der Waals surface area contributed by atoms with Crippen LogP contribution in [0, 0.1) is 11.8 Å². The third-order valence-electron chi connectivity index (χ3n) is 5.22. The average molecular weight is 349 g/mol. The highest BCUT2D eigenvalue weighted by atomic mass is 16.2. The molecule has 2 unspecified atom stereocenters. The fraction of sp³-hybridized carbons (Fsp3) is 0.333. The quantitative estimate of drug-likeness (QED) is 0.777. The minimum atomic E-state index is -0.114. The van der Waals surface area contributed by atoms with Gasteiger partial charge in [0.25, 0.3) is 5.91 Å². The zero-order valence-corrected chi connectivity index (χ0v) is 14.8. The van der Waals surface area contributed by atoms with Crippen molar-refractivity contribution < 1.29 is 9.59 Å². The molecule has 0 bridgehead atoms. The predicted octanol–water partition coefficient (Wildman–Crippen LogP) is 2.81. The van der Waals surface area contributed by atoms with Crippen molar-refractivity contribution in [1.82, 2.24) is 10.6 Å². The van der Waals surface area contributed by atoms with E-state index in [0.29, 0.717) is 18.0 Å². The van der Waals surface area contributed by atoms with Crippen molar-refractivity contribution in [2.24, 2.45) is 11.8 Å². The van der Waals surface area contributed by atoms with Crippen molar-refractivity contribution in [1.29, 1.82) is 0 Å². The summed E-state index contributed by atoms with van der Waals surface area (Å²) in [6.07, 6.45) is 0.963. The van der Waals surface area contributed by atoms with Gasteiger partial charge in [-0.2, -0.15) is 0 Å². The molecule has 1 heterocycles. The van der Waals surface area contributed by atoms with Crippen LogP contribution in [0.5, 0.6) is 0 Å². The summed E-state index contributed by atoms with van der Waals surface area (Å²) in [7, 11) is 0. The van der Waals surface area contributed by atoms with Gasteiger partial charge < -0.3 is 16.0 Å². The molecule has 0 radical (unpaired) electrons. The molecule has 4 rings (SSSR count). The SMILES string of the molecule is CC1CC1C(=O)Nc1ccc(C(=O)NCc2ccc3c(c2)CNC3)cc1. The van der Waals surface area contributed by atoms with Gasteiger partial charge in [0.2, 0.25) is 5.91 Å². The van der Waals surface area contributed by atoms with Gasteiger partial charge in [-0.1, -0.05) is 25.1 Å². The summed E-state index contributed by atoms with van der Waals surface area (Å²) in [5.41, 5.74) is 5.06. The number of hydrogen-bond acceptors (Lipinski definition) is 3. The summed E-state index contributed by atoms with van der Waals surface area (Å²) in [6, 6.07) is 13.4. The Morgan fingerprint density at radius 1 is 1.08 bits per heavy atom. The number of fused-ring (bicyclic) bond motifs is 1. The van der Waals surface area contributed by atoms with E-state index in [2.05, 4.69) is 41.1 Å². The van der Waals surface area contributed by atoms with E-state index in [4.69, 9.17) is 0 Å². The van der Waals surface area contributed by atoms with Gasteiger partial charge in [-0.25, -0.2) is 0 Å². The van der Waals surface area contributed by atoms with Crippen molar-refractivity contribution in [3.63, 3.8) is 0 Å². The summed E-state index contributed by atoms with van der Waals surface area (Å²) in [5.74, 6) is 0.577. The molecule has 1 aliphatic heterocycles. The Balaban J connectivity index is 1.32. The smallest absolute Gasteiger partial charge is 0.251 e. The molecule has 5 nitrogen and oxygen atoms in total. The molecule has 1 fully saturated rings. The van der Waals surface area contributed by atoms with E-state index < -0.39 is 0 Å². The predicted molar refractivity (Wildman–Crippen MR) is 100 cm³/mol.